The predicted molar refractivity (Wildman–Crippen MR) is 118 cm³/mol. The molecule has 0 atom stereocenters. The fourth-order valence-corrected chi connectivity index (χ4v) is 4.41. The van der Waals surface area contributed by atoms with Crippen molar-refractivity contribution in [2.24, 2.45) is 0 Å². The van der Waals surface area contributed by atoms with E-state index < -0.39 is 12.1 Å². The van der Waals surface area contributed by atoms with Crippen molar-refractivity contribution >= 4 is 16.9 Å². The van der Waals surface area contributed by atoms with E-state index in [0.29, 0.717) is 17.8 Å². The first-order valence-electron chi connectivity index (χ1n) is 11.5. The number of benzene rings is 1. The molecule has 8 nitrogen and oxygen atoms in total. The third-order valence-corrected chi connectivity index (χ3v) is 6.50. The molecule has 0 unspecified atom stereocenters. The van der Waals surface area contributed by atoms with Crippen molar-refractivity contribution in [2.45, 2.75) is 70.0 Å². The number of hydrogen-bond donors (Lipinski definition) is 1. The summed E-state index contributed by atoms with van der Waals surface area (Å²) in [4.78, 5) is 16.3. The molecule has 3 aromatic rings. The molecule has 184 valence electrons. The molecule has 2 aromatic heterocycles. The van der Waals surface area contributed by atoms with E-state index in [4.69, 9.17) is 24.5 Å². The number of fused-ring (bicyclic) bond motifs is 1. The van der Waals surface area contributed by atoms with Gasteiger partial charge in [-0.2, -0.15) is 27.9 Å². The average Bonchev–Trinajstić information content (AvgIpc) is 3.38. The van der Waals surface area contributed by atoms with Crippen molar-refractivity contribution in [1.82, 2.24) is 24.8 Å². The van der Waals surface area contributed by atoms with E-state index >= 15 is 0 Å². The van der Waals surface area contributed by atoms with Crippen LogP contribution in [0, 0.1) is 0 Å². The van der Waals surface area contributed by atoms with E-state index in [2.05, 4.69) is 42.1 Å². The summed E-state index contributed by atoms with van der Waals surface area (Å²) in [5.41, 5.74) is 2.11. The Hall–Kier alpha value is -2.95. The van der Waals surface area contributed by atoms with Crippen LogP contribution in [0.3, 0.4) is 0 Å². The maximum absolute atomic E-state index is 10.6. The fraction of sp³-hybridized carbons (Fsp3) is 0.565. The Bertz CT molecular complexity index is 1130. The number of aliphatic carboxylic acids is 1. The van der Waals surface area contributed by atoms with E-state index in [1.807, 2.05) is 10.7 Å². The highest BCUT2D eigenvalue weighted by Gasteiger charge is 2.38. The highest BCUT2D eigenvalue weighted by Crippen LogP contribution is 2.33. The summed E-state index contributed by atoms with van der Waals surface area (Å²) in [6.07, 6.45) is 1.28. The van der Waals surface area contributed by atoms with Crippen LogP contribution in [0.4, 0.5) is 13.2 Å². The maximum atomic E-state index is 10.6. The fourth-order valence-electron chi connectivity index (χ4n) is 4.41. The Morgan fingerprint density at radius 1 is 1.15 bits per heavy atom. The van der Waals surface area contributed by atoms with Gasteiger partial charge in [0.25, 0.3) is 5.95 Å². The van der Waals surface area contributed by atoms with Crippen LogP contribution >= 0.6 is 0 Å². The summed E-state index contributed by atoms with van der Waals surface area (Å²) in [5.74, 6) is -0.724. The molecule has 2 aliphatic rings. The van der Waals surface area contributed by atoms with Gasteiger partial charge in [0.1, 0.15) is 0 Å². The quantitative estimate of drug-likeness (QED) is 0.569. The lowest BCUT2D eigenvalue weighted by Crippen LogP contribution is -2.44. The summed E-state index contributed by atoms with van der Waals surface area (Å²) in [7, 11) is 0. The number of carbonyl (C=O) groups is 1. The molecule has 1 aliphatic heterocycles. The summed E-state index contributed by atoms with van der Waals surface area (Å²) >= 11 is 0. The molecule has 1 N–H and O–H groups in total. The zero-order chi connectivity index (χ0) is 24.5. The van der Waals surface area contributed by atoms with Crippen molar-refractivity contribution < 1.29 is 27.6 Å². The van der Waals surface area contributed by atoms with Crippen molar-refractivity contribution in [2.75, 3.05) is 13.1 Å². The molecule has 0 spiro atoms. The molecule has 3 heterocycles. The number of rotatable bonds is 4. The molecule has 2 fully saturated rings. The van der Waals surface area contributed by atoms with Crippen LogP contribution in [0.5, 0.6) is 0 Å². The molecule has 1 aromatic carbocycles. The molecule has 0 amide bonds. The van der Waals surface area contributed by atoms with E-state index in [0.717, 1.165) is 54.5 Å². The van der Waals surface area contributed by atoms with Gasteiger partial charge in [0, 0.05) is 17.3 Å². The number of hydrogen-bond acceptors (Lipinski definition) is 6. The van der Waals surface area contributed by atoms with Crippen LogP contribution in [0.25, 0.3) is 16.9 Å². The summed E-state index contributed by atoms with van der Waals surface area (Å²) in [5, 5.41) is 17.3. The minimum absolute atomic E-state index is 0.346. The Kier molecular flexibility index (Phi) is 6.92. The molecular weight excluding hydrogens is 451 g/mol. The van der Waals surface area contributed by atoms with Gasteiger partial charge in [0.15, 0.2) is 0 Å². The molecule has 5 rings (SSSR count). The van der Waals surface area contributed by atoms with Crippen molar-refractivity contribution in [3.8, 4) is 5.95 Å². The van der Waals surface area contributed by atoms with Gasteiger partial charge >= 0.3 is 12.1 Å². The van der Waals surface area contributed by atoms with Gasteiger partial charge in [-0.05, 0) is 55.9 Å². The minimum atomic E-state index is -5.08. The SMILES string of the molecule is CC(C)c1nn(-c2noc(C3CCN(C4CCC4)CC3)n2)c2ccccc12.O=C(O)C(F)(F)F. The van der Waals surface area contributed by atoms with E-state index in [1.165, 1.54) is 19.3 Å². The number of nitrogens with zero attached hydrogens (tertiary/aromatic N) is 5. The number of halogens is 3. The zero-order valence-electron chi connectivity index (χ0n) is 19.1. The zero-order valence-corrected chi connectivity index (χ0v) is 19.1. The molecule has 0 radical (unpaired) electrons. The third kappa shape index (κ3) is 5.08. The lowest BCUT2D eigenvalue weighted by Gasteiger charge is -2.41. The largest absolute Gasteiger partial charge is 0.490 e. The standard InChI is InChI=1S/C21H27N5O.C2HF3O2/c1-14(2)19-17-8-3-4-9-18(17)26(23-19)21-22-20(27-24-21)15-10-12-25(13-11-15)16-6-5-7-16;3-2(4,5)1(6)7/h3-4,8-9,14-16H,5-7,10-13H2,1-2H3;(H,6,7). The van der Waals surface area contributed by atoms with Crippen LogP contribution in [0.1, 0.15) is 69.4 Å². The van der Waals surface area contributed by atoms with E-state index in [9.17, 15) is 13.2 Å². The maximum Gasteiger partial charge on any atom is 0.490 e. The number of piperidine rings is 1. The number of alkyl halides is 3. The number of carboxylic acids is 1. The molecule has 0 bridgehead atoms. The average molecular weight is 480 g/mol. The van der Waals surface area contributed by atoms with Crippen LogP contribution < -0.4 is 0 Å². The normalized spacial score (nSPS) is 18.1. The highest BCUT2D eigenvalue weighted by molar-refractivity contribution is 5.83. The van der Waals surface area contributed by atoms with Gasteiger partial charge in [-0.15, -0.1) is 0 Å². The van der Waals surface area contributed by atoms with Gasteiger partial charge in [0.05, 0.1) is 11.2 Å². The molecule has 34 heavy (non-hydrogen) atoms. The lowest BCUT2D eigenvalue weighted by atomic mass is 9.88. The van der Waals surface area contributed by atoms with Gasteiger partial charge in [0.2, 0.25) is 5.89 Å². The monoisotopic (exact) mass is 479 g/mol. The van der Waals surface area contributed by atoms with Crippen molar-refractivity contribution in [1.29, 1.82) is 0 Å². The van der Waals surface area contributed by atoms with Gasteiger partial charge in [-0.25, -0.2) is 4.79 Å². The van der Waals surface area contributed by atoms with E-state index in [-0.39, 0.29) is 0 Å². The van der Waals surface area contributed by atoms with Gasteiger partial charge in [-0.3, -0.25) is 0 Å². The molecule has 1 saturated carbocycles. The molecular formula is C23H28F3N5O3. The second kappa shape index (κ2) is 9.73. The Morgan fingerprint density at radius 3 is 2.35 bits per heavy atom. The Morgan fingerprint density at radius 2 is 1.79 bits per heavy atom. The smallest absolute Gasteiger partial charge is 0.475 e. The van der Waals surface area contributed by atoms with Gasteiger partial charge in [-0.1, -0.05) is 38.5 Å². The first-order valence-corrected chi connectivity index (χ1v) is 11.5. The Balaban J connectivity index is 0.000000344. The van der Waals surface area contributed by atoms with Crippen LogP contribution in [0.2, 0.25) is 0 Å². The molecule has 11 heteroatoms. The molecule has 1 saturated heterocycles. The van der Waals surface area contributed by atoms with Crippen molar-refractivity contribution in [3.05, 3.63) is 35.9 Å². The minimum Gasteiger partial charge on any atom is -0.475 e. The van der Waals surface area contributed by atoms with E-state index in [1.54, 1.807) is 0 Å². The summed E-state index contributed by atoms with van der Waals surface area (Å²) < 4.78 is 39.2. The van der Waals surface area contributed by atoms with Crippen LogP contribution in [0.15, 0.2) is 28.8 Å². The number of aromatic nitrogens is 4. The third-order valence-electron chi connectivity index (χ3n) is 6.50. The number of likely N-dealkylation sites (tertiary alicyclic amines) is 1. The van der Waals surface area contributed by atoms with Gasteiger partial charge < -0.3 is 14.5 Å². The molecule has 1 aliphatic carbocycles. The Labute approximate surface area is 194 Å². The van der Waals surface area contributed by atoms with Crippen LogP contribution in [-0.4, -0.2) is 61.2 Å². The summed E-state index contributed by atoms with van der Waals surface area (Å²) in [6.45, 7) is 6.62. The summed E-state index contributed by atoms with van der Waals surface area (Å²) in [6, 6.07) is 9.10. The lowest BCUT2D eigenvalue weighted by molar-refractivity contribution is -0.192. The highest BCUT2D eigenvalue weighted by atomic mass is 19.4. The first kappa shape index (κ1) is 24.2. The number of para-hydroxylation sites is 1. The second-order valence-electron chi connectivity index (χ2n) is 9.10. The predicted octanol–water partition coefficient (Wildman–Crippen LogP) is 4.90. The number of carboxylic acid groups (broad SMARTS) is 1. The van der Waals surface area contributed by atoms with Crippen LogP contribution in [-0.2, 0) is 4.79 Å². The topological polar surface area (TPSA) is 97.3 Å². The second-order valence-corrected chi connectivity index (χ2v) is 9.10. The first-order chi connectivity index (χ1) is 16.1. The van der Waals surface area contributed by atoms with Crippen molar-refractivity contribution in [3.63, 3.8) is 0 Å².